The number of methoxy groups -OCH3 is 2. The van der Waals surface area contributed by atoms with Crippen LogP contribution in [0.3, 0.4) is 0 Å². The molecule has 0 spiro atoms. The molecule has 1 atom stereocenters. The highest BCUT2D eigenvalue weighted by atomic mass is 16.5. The van der Waals surface area contributed by atoms with Crippen LogP contribution in [0, 0.1) is 0 Å². The molecule has 0 bridgehead atoms. The number of benzene rings is 1. The van der Waals surface area contributed by atoms with Crippen LogP contribution >= 0.6 is 0 Å². The summed E-state index contributed by atoms with van der Waals surface area (Å²) in [5, 5.41) is 13.3. The Balaban J connectivity index is 2.61. The summed E-state index contributed by atoms with van der Waals surface area (Å²) in [7, 11) is 3.30. The fourth-order valence-corrected chi connectivity index (χ4v) is 1.68. The number of nitrogens with one attached hydrogen (secondary N) is 1. The highest BCUT2D eigenvalue weighted by Gasteiger charge is 2.19. The topological polar surface area (TPSA) is 60.0 Å². The summed E-state index contributed by atoms with van der Waals surface area (Å²) >= 11 is 0. The molecular weight excluding hydrogens is 270 g/mol. The first-order valence-corrected chi connectivity index (χ1v) is 7.24. The molecule has 0 amide bonds. The Morgan fingerprint density at radius 3 is 2.62 bits per heavy atom. The molecule has 21 heavy (non-hydrogen) atoms. The molecule has 2 N–H and O–H groups in total. The number of rotatable bonds is 10. The summed E-state index contributed by atoms with van der Waals surface area (Å²) in [6.45, 7) is 6.15. The molecule has 0 aliphatic heterocycles. The van der Waals surface area contributed by atoms with E-state index in [4.69, 9.17) is 14.2 Å². The van der Waals surface area contributed by atoms with E-state index in [1.807, 2.05) is 25.1 Å². The second-order valence-corrected chi connectivity index (χ2v) is 5.29. The van der Waals surface area contributed by atoms with Crippen molar-refractivity contribution in [2.24, 2.45) is 0 Å². The molecule has 1 rings (SSSR count). The third-order valence-corrected chi connectivity index (χ3v) is 3.34. The van der Waals surface area contributed by atoms with Crippen LogP contribution in [-0.4, -0.2) is 44.7 Å². The Kier molecular flexibility index (Phi) is 7.50. The fourth-order valence-electron chi connectivity index (χ4n) is 1.68. The molecule has 0 saturated heterocycles. The fraction of sp³-hybridized carbons (Fsp3) is 0.625. The Hall–Kier alpha value is -1.30. The maximum atomic E-state index is 9.98. The van der Waals surface area contributed by atoms with Gasteiger partial charge in [0, 0.05) is 20.2 Å². The minimum atomic E-state index is -0.828. The number of hydrogen-bond acceptors (Lipinski definition) is 5. The minimum Gasteiger partial charge on any atom is -0.493 e. The highest BCUT2D eigenvalue weighted by Crippen LogP contribution is 2.29. The van der Waals surface area contributed by atoms with Crippen molar-refractivity contribution >= 4 is 0 Å². The van der Waals surface area contributed by atoms with Crippen LogP contribution in [0.2, 0.25) is 0 Å². The van der Waals surface area contributed by atoms with E-state index in [-0.39, 0.29) is 6.61 Å². The quantitative estimate of drug-likeness (QED) is 0.647. The molecule has 1 aromatic carbocycles. The van der Waals surface area contributed by atoms with Gasteiger partial charge >= 0.3 is 0 Å². The van der Waals surface area contributed by atoms with Gasteiger partial charge in [-0.25, -0.2) is 0 Å². The van der Waals surface area contributed by atoms with Crippen molar-refractivity contribution in [3.63, 3.8) is 0 Å². The van der Waals surface area contributed by atoms with Crippen molar-refractivity contribution in [1.29, 1.82) is 0 Å². The van der Waals surface area contributed by atoms with Crippen molar-refractivity contribution in [2.75, 3.05) is 34.0 Å². The lowest BCUT2D eigenvalue weighted by atomic mass is 10.1. The lowest BCUT2D eigenvalue weighted by Gasteiger charge is -2.22. The third kappa shape index (κ3) is 6.33. The van der Waals surface area contributed by atoms with Gasteiger partial charge in [-0.3, -0.25) is 0 Å². The Morgan fingerprint density at radius 2 is 2.00 bits per heavy atom. The number of ether oxygens (including phenoxy) is 3. The smallest absolute Gasteiger partial charge is 0.161 e. The van der Waals surface area contributed by atoms with Crippen LogP contribution in [0.5, 0.6) is 11.5 Å². The minimum absolute atomic E-state index is 0.241. The number of hydrogen-bond donors (Lipinski definition) is 2. The van der Waals surface area contributed by atoms with Gasteiger partial charge in [0.2, 0.25) is 0 Å². The van der Waals surface area contributed by atoms with Gasteiger partial charge in [0.15, 0.2) is 11.5 Å². The van der Waals surface area contributed by atoms with Crippen LogP contribution in [0.15, 0.2) is 18.2 Å². The van der Waals surface area contributed by atoms with Crippen LogP contribution in [-0.2, 0) is 11.3 Å². The molecule has 0 fully saturated rings. The Morgan fingerprint density at radius 1 is 1.24 bits per heavy atom. The molecule has 5 nitrogen and oxygen atoms in total. The van der Waals surface area contributed by atoms with Gasteiger partial charge in [-0.2, -0.15) is 0 Å². The van der Waals surface area contributed by atoms with Crippen molar-refractivity contribution < 1.29 is 19.3 Å². The molecule has 0 saturated carbocycles. The summed E-state index contributed by atoms with van der Waals surface area (Å²) in [5.74, 6) is 1.32. The molecule has 0 aliphatic rings. The van der Waals surface area contributed by atoms with E-state index in [9.17, 15) is 5.11 Å². The van der Waals surface area contributed by atoms with Crippen LogP contribution in [0.1, 0.15) is 25.8 Å². The molecular formula is C16H27NO4. The Bertz CT molecular complexity index is 421. The first-order chi connectivity index (χ1) is 10.0. The summed E-state index contributed by atoms with van der Waals surface area (Å²) in [6, 6.07) is 5.80. The summed E-state index contributed by atoms with van der Waals surface area (Å²) in [4.78, 5) is 0. The van der Waals surface area contributed by atoms with Crippen LogP contribution < -0.4 is 14.8 Å². The first-order valence-electron chi connectivity index (χ1n) is 7.24. The van der Waals surface area contributed by atoms with Crippen LogP contribution in [0.4, 0.5) is 0 Å². The summed E-state index contributed by atoms with van der Waals surface area (Å²) < 4.78 is 16.0. The van der Waals surface area contributed by atoms with Gasteiger partial charge in [-0.05, 0) is 31.0 Å². The molecule has 0 aromatic heterocycles. The van der Waals surface area contributed by atoms with E-state index in [2.05, 4.69) is 5.32 Å². The predicted molar refractivity (Wildman–Crippen MR) is 83.0 cm³/mol. The van der Waals surface area contributed by atoms with Gasteiger partial charge in [0.25, 0.3) is 0 Å². The lowest BCUT2D eigenvalue weighted by molar-refractivity contribution is 0.00775. The van der Waals surface area contributed by atoms with Crippen molar-refractivity contribution in [3.8, 4) is 11.5 Å². The lowest BCUT2D eigenvalue weighted by Crippen LogP contribution is -2.31. The van der Waals surface area contributed by atoms with Gasteiger partial charge in [-0.1, -0.05) is 13.0 Å². The molecule has 1 unspecified atom stereocenters. The Labute approximate surface area is 127 Å². The zero-order chi connectivity index (χ0) is 15.7. The monoisotopic (exact) mass is 297 g/mol. The zero-order valence-electron chi connectivity index (χ0n) is 13.4. The van der Waals surface area contributed by atoms with Gasteiger partial charge in [-0.15, -0.1) is 0 Å². The average Bonchev–Trinajstić information content (AvgIpc) is 2.50. The van der Waals surface area contributed by atoms with Gasteiger partial charge in [0.05, 0.1) is 19.3 Å². The predicted octanol–water partition coefficient (Wildman–Crippen LogP) is 1.97. The normalized spacial score (nSPS) is 13.8. The SMILES string of the molecule is CCC(C)(O)COc1ccc(CNCCOC)cc1OC. The second-order valence-electron chi connectivity index (χ2n) is 5.29. The molecule has 5 heteroatoms. The summed E-state index contributed by atoms with van der Waals surface area (Å²) in [6.07, 6.45) is 0.636. The second kappa shape index (κ2) is 8.87. The van der Waals surface area contributed by atoms with E-state index in [1.54, 1.807) is 21.1 Å². The van der Waals surface area contributed by atoms with Crippen molar-refractivity contribution in [1.82, 2.24) is 5.32 Å². The van der Waals surface area contributed by atoms with Crippen LogP contribution in [0.25, 0.3) is 0 Å². The van der Waals surface area contributed by atoms with E-state index in [1.165, 1.54) is 0 Å². The molecule has 0 aliphatic carbocycles. The van der Waals surface area contributed by atoms with E-state index in [0.717, 1.165) is 18.7 Å². The first kappa shape index (κ1) is 17.8. The van der Waals surface area contributed by atoms with Gasteiger partial charge < -0.3 is 24.6 Å². The van der Waals surface area contributed by atoms with Crippen molar-refractivity contribution in [2.45, 2.75) is 32.4 Å². The average molecular weight is 297 g/mol. The van der Waals surface area contributed by atoms with Crippen molar-refractivity contribution in [3.05, 3.63) is 23.8 Å². The maximum absolute atomic E-state index is 9.98. The molecule has 0 heterocycles. The highest BCUT2D eigenvalue weighted by molar-refractivity contribution is 5.43. The van der Waals surface area contributed by atoms with E-state index in [0.29, 0.717) is 24.5 Å². The maximum Gasteiger partial charge on any atom is 0.161 e. The summed E-state index contributed by atoms with van der Waals surface area (Å²) in [5.41, 5.74) is 0.281. The molecule has 0 radical (unpaired) electrons. The zero-order valence-corrected chi connectivity index (χ0v) is 13.4. The molecule has 120 valence electrons. The third-order valence-electron chi connectivity index (χ3n) is 3.34. The standard InChI is InChI=1S/C16H27NO4/c1-5-16(2,18)12-21-14-7-6-13(10-15(14)20-4)11-17-8-9-19-3/h6-7,10,17-18H,5,8-9,11-12H2,1-4H3. The van der Waals surface area contributed by atoms with E-state index >= 15 is 0 Å². The molecule has 1 aromatic rings. The van der Waals surface area contributed by atoms with E-state index < -0.39 is 5.60 Å². The largest absolute Gasteiger partial charge is 0.493 e. The number of aliphatic hydroxyl groups is 1. The van der Waals surface area contributed by atoms with Gasteiger partial charge in [0.1, 0.15) is 6.61 Å².